The summed E-state index contributed by atoms with van der Waals surface area (Å²) in [5.74, 6) is 0.792. The molecule has 1 aromatic heterocycles. The molecule has 4 aromatic carbocycles. The van der Waals surface area contributed by atoms with Crippen molar-refractivity contribution in [2.45, 2.75) is 32.3 Å². The van der Waals surface area contributed by atoms with Crippen molar-refractivity contribution in [3.05, 3.63) is 119 Å². The molecule has 1 aliphatic rings. The van der Waals surface area contributed by atoms with E-state index in [0.29, 0.717) is 6.61 Å². The number of carbonyl (C=O) groups is 1. The van der Waals surface area contributed by atoms with Gasteiger partial charge >= 0.3 is 0 Å². The summed E-state index contributed by atoms with van der Waals surface area (Å²) in [6.45, 7) is 0.501. The maximum absolute atomic E-state index is 13.4. The molecule has 7 heteroatoms. The van der Waals surface area contributed by atoms with Crippen LogP contribution >= 0.6 is 56.5 Å². The lowest BCUT2D eigenvalue weighted by Crippen LogP contribution is -2.14. The number of nitrogens with zero attached hydrogens (tertiary/aromatic N) is 1. The maximum atomic E-state index is 13.4. The molecular weight excluding hydrogens is 742 g/mol. The highest BCUT2D eigenvalue weighted by Crippen LogP contribution is 2.40. The van der Waals surface area contributed by atoms with E-state index in [9.17, 15) is 4.79 Å². The molecule has 0 saturated heterocycles. The Hall–Kier alpha value is -2.76. The number of nitrogens with one attached hydrogen (secondary N) is 1. The fourth-order valence-electron chi connectivity index (χ4n) is 5.09. The highest BCUT2D eigenvalue weighted by molar-refractivity contribution is 14.1. The van der Waals surface area contributed by atoms with Crippen LogP contribution in [-0.4, -0.2) is 12.1 Å². The lowest BCUT2D eigenvalue weighted by molar-refractivity contribution is 0.102. The van der Waals surface area contributed by atoms with Gasteiger partial charge in [0.05, 0.1) is 12.7 Å². The molecular formula is C33H26I2N2O2S. The van der Waals surface area contributed by atoms with Gasteiger partial charge in [0.2, 0.25) is 0 Å². The van der Waals surface area contributed by atoms with Gasteiger partial charge in [0.15, 0.2) is 0 Å². The summed E-state index contributed by atoms with van der Waals surface area (Å²) in [7, 11) is 0. The van der Waals surface area contributed by atoms with Crippen LogP contribution in [0.4, 0.5) is 10.7 Å². The third-order valence-corrected chi connectivity index (χ3v) is 9.82. The molecule has 1 aliphatic carbocycles. The van der Waals surface area contributed by atoms with E-state index in [1.807, 2.05) is 36.5 Å². The normalized spacial score (nSPS) is 12.9. The first-order valence-corrected chi connectivity index (χ1v) is 16.2. The van der Waals surface area contributed by atoms with Gasteiger partial charge in [-0.1, -0.05) is 60.7 Å². The topological polar surface area (TPSA) is 50.7 Å². The van der Waals surface area contributed by atoms with Crippen LogP contribution in [-0.2, 0) is 19.4 Å². The summed E-state index contributed by atoms with van der Waals surface area (Å²) in [5, 5.41) is 6.28. The van der Waals surface area contributed by atoms with Gasteiger partial charge in [-0.15, -0.1) is 11.3 Å². The number of benzene rings is 4. The van der Waals surface area contributed by atoms with Gasteiger partial charge in [0.1, 0.15) is 17.4 Å². The second-order valence-corrected chi connectivity index (χ2v) is 13.1. The first-order chi connectivity index (χ1) is 19.6. The second kappa shape index (κ2) is 12.4. The number of para-hydroxylation sites is 1. The SMILES string of the molecule is O=C(Nc1ccccc1)c1c(N=Cc2cc(I)c(OCc3cccc4ccccc34)c(I)c2)sc2c1CCCC2. The number of carbonyl (C=O) groups excluding carboxylic acids is 1. The number of aliphatic imine (C=N–C) groups is 1. The van der Waals surface area contributed by atoms with E-state index in [1.165, 1.54) is 21.2 Å². The Morgan fingerprint density at radius 2 is 1.65 bits per heavy atom. The number of hydrogen-bond acceptors (Lipinski definition) is 4. The molecule has 1 heterocycles. The number of amides is 1. The van der Waals surface area contributed by atoms with Crippen molar-refractivity contribution in [1.29, 1.82) is 0 Å². The van der Waals surface area contributed by atoms with Gasteiger partial charge in [-0.2, -0.15) is 0 Å². The molecule has 1 amide bonds. The number of anilines is 1. The minimum absolute atomic E-state index is 0.0842. The van der Waals surface area contributed by atoms with Crippen molar-refractivity contribution >= 4 is 90.1 Å². The Morgan fingerprint density at radius 1 is 0.925 bits per heavy atom. The first kappa shape index (κ1) is 27.4. The fraction of sp³-hybridized carbons (Fsp3) is 0.152. The minimum Gasteiger partial charge on any atom is -0.487 e. The Bertz CT molecular complexity index is 1700. The minimum atomic E-state index is -0.0842. The van der Waals surface area contributed by atoms with Gasteiger partial charge < -0.3 is 10.1 Å². The summed E-state index contributed by atoms with van der Waals surface area (Å²) in [5.41, 5.74) is 4.82. The zero-order valence-corrected chi connectivity index (χ0v) is 26.8. The van der Waals surface area contributed by atoms with E-state index in [0.717, 1.165) is 66.0 Å². The third-order valence-electron chi connectivity index (χ3n) is 7.01. The van der Waals surface area contributed by atoms with E-state index < -0.39 is 0 Å². The largest absolute Gasteiger partial charge is 0.487 e. The first-order valence-electron chi connectivity index (χ1n) is 13.2. The Kier molecular flexibility index (Phi) is 8.50. The van der Waals surface area contributed by atoms with Crippen molar-refractivity contribution in [2.24, 2.45) is 4.99 Å². The van der Waals surface area contributed by atoms with Crippen molar-refractivity contribution in [3.8, 4) is 5.75 Å². The number of thiophene rings is 1. The monoisotopic (exact) mass is 768 g/mol. The van der Waals surface area contributed by atoms with Crippen molar-refractivity contribution in [1.82, 2.24) is 0 Å². The number of ether oxygens (including phenoxy) is 1. The van der Waals surface area contributed by atoms with Crippen LogP contribution in [0.1, 0.15) is 44.8 Å². The van der Waals surface area contributed by atoms with Crippen LogP contribution in [0, 0.1) is 7.14 Å². The molecule has 0 bridgehead atoms. The lowest BCUT2D eigenvalue weighted by atomic mass is 9.95. The highest BCUT2D eigenvalue weighted by Gasteiger charge is 2.25. The molecule has 6 rings (SSSR count). The molecule has 200 valence electrons. The number of aryl methyl sites for hydroxylation is 1. The summed E-state index contributed by atoms with van der Waals surface area (Å²) in [6, 6.07) is 28.5. The predicted molar refractivity (Wildman–Crippen MR) is 183 cm³/mol. The maximum Gasteiger partial charge on any atom is 0.259 e. The fourth-order valence-corrected chi connectivity index (χ4v) is 8.44. The number of rotatable bonds is 7. The number of fused-ring (bicyclic) bond motifs is 2. The van der Waals surface area contributed by atoms with Crippen LogP contribution in [0.25, 0.3) is 10.8 Å². The molecule has 0 spiro atoms. The molecule has 0 fully saturated rings. The van der Waals surface area contributed by atoms with Crippen LogP contribution in [0.5, 0.6) is 5.75 Å². The van der Waals surface area contributed by atoms with Crippen LogP contribution in [0.15, 0.2) is 89.9 Å². The van der Waals surface area contributed by atoms with Gasteiger partial charge in [-0.3, -0.25) is 4.79 Å². The summed E-state index contributed by atoms with van der Waals surface area (Å²) < 4.78 is 8.38. The molecule has 5 aromatic rings. The third kappa shape index (κ3) is 5.96. The summed E-state index contributed by atoms with van der Waals surface area (Å²) >= 11 is 6.32. The van der Waals surface area contributed by atoms with E-state index in [2.05, 4.69) is 105 Å². The zero-order valence-electron chi connectivity index (χ0n) is 21.6. The van der Waals surface area contributed by atoms with Crippen molar-refractivity contribution in [3.63, 3.8) is 0 Å². The number of halogens is 2. The second-order valence-electron chi connectivity index (χ2n) is 9.71. The Balaban J connectivity index is 1.24. The Morgan fingerprint density at radius 3 is 2.48 bits per heavy atom. The van der Waals surface area contributed by atoms with E-state index in [1.54, 1.807) is 11.3 Å². The molecule has 4 nitrogen and oxygen atoms in total. The quantitative estimate of drug-likeness (QED) is 0.133. The van der Waals surface area contributed by atoms with Crippen LogP contribution in [0.2, 0.25) is 0 Å². The van der Waals surface area contributed by atoms with Gasteiger partial charge in [0, 0.05) is 16.8 Å². The average molecular weight is 768 g/mol. The molecule has 0 aliphatic heterocycles. The van der Waals surface area contributed by atoms with Crippen molar-refractivity contribution in [2.75, 3.05) is 5.32 Å². The molecule has 1 N–H and O–H groups in total. The van der Waals surface area contributed by atoms with Crippen molar-refractivity contribution < 1.29 is 9.53 Å². The smallest absolute Gasteiger partial charge is 0.259 e. The van der Waals surface area contributed by atoms with E-state index in [-0.39, 0.29) is 5.91 Å². The zero-order chi connectivity index (χ0) is 27.5. The van der Waals surface area contributed by atoms with E-state index in [4.69, 9.17) is 9.73 Å². The standard InChI is InChI=1S/C33H26I2N2O2S/c34-27-17-21(18-28(35)31(27)39-20-23-11-8-10-22-9-4-5-14-25(22)23)19-36-33-30(26-15-6-7-16-29(26)40-33)32(38)37-24-12-2-1-3-13-24/h1-5,8-14,17-19H,6-7,15-16,20H2,(H,37,38). The van der Waals surface area contributed by atoms with Gasteiger partial charge in [-0.25, -0.2) is 4.99 Å². The summed E-state index contributed by atoms with van der Waals surface area (Å²) in [6.07, 6.45) is 6.08. The van der Waals surface area contributed by atoms with Gasteiger partial charge in [0.25, 0.3) is 5.91 Å². The number of hydrogen-bond donors (Lipinski definition) is 1. The van der Waals surface area contributed by atoms with Gasteiger partial charge in [-0.05, 0) is 123 Å². The van der Waals surface area contributed by atoms with Crippen LogP contribution in [0.3, 0.4) is 0 Å². The average Bonchev–Trinajstić information content (AvgIpc) is 3.35. The molecule has 40 heavy (non-hydrogen) atoms. The molecule has 0 unspecified atom stereocenters. The van der Waals surface area contributed by atoms with E-state index >= 15 is 0 Å². The summed E-state index contributed by atoms with van der Waals surface area (Å²) in [4.78, 5) is 19.6. The lowest BCUT2D eigenvalue weighted by Gasteiger charge is -2.13. The molecule has 0 saturated carbocycles. The molecule has 0 atom stereocenters. The van der Waals surface area contributed by atoms with Crippen LogP contribution < -0.4 is 10.1 Å². The Labute approximate surface area is 265 Å². The highest BCUT2D eigenvalue weighted by atomic mass is 127. The molecule has 0 radical (unpaired) electrons. The predicted octanol–water partition coefficient (Wildman–Crippen LogP) is 9.57.